The first-order chi connectivity index (χ1) is 15.5. The van der Waals surface area contributed by atoms with Gasteiger partial charge in [-0.15, -0.1) is 0 Å². The molecule has 9 nitrogen and oxygen atoms in total. The third-order valence-corrected chi connectivity index (χ3v) is 5.32. The molecule has 0 radical (unpaired) electrons. The van der Waals surface area contributed by atoms with E-state index in [0.29, 0.717) is 54.6 Å². The summed E-state index contributed by atoms with van der Waals surface area (Å²) in [5.74, 6) is 1.13. The summed E-state index contributed by atoms with van der Waals surface area (Å²) >= 11 is 1.59. The molecular formula is C22H30N6O3S. The Kier molecular flexibility index (Phi) is 8.69. The summed E-state index contributed by atoms with van der Waals surface area (Å²) in [6.45, 7) is 8.68. The number of carbonyl (C=O) groups excluding carboxylic acids is 1. The van der Waals surface area contributed by atoms with Gasteiger partial charge in [0.15, 0.2) is 10.8 Å². The molecule has 172 valence electrons. The standard InChI is InChI=1S/C22H30N6O3S/c1-5-31-18-9-7-6-8-16(18)21(29)24-10-12-28-20-17(14-25-28)19(23-11-13-30-4)26-22(27-20)32-15(2)3/h6-9,14-15H,5,10-13H2,1-4H3,(H,24,29)(H,23,26,27). The first-order valence-corrected chi connectivity index (χ1v) is 11.5. The number of fused-ring (bicyclic) bond motifs is 1. The number of ether oxygens (including phenoxy) is 2. The van der Waals surface area contributed by atoms with E-state index >= 15 is 0 Å². The van der Waals surface area contributed by atoms with Crippen LogP contribution in [0.15, 0.2) is 35.6 Å². The van der Waals surface area contributed by atoms with Crippen LogP contribution in [-0.2, 0) is 11.3 Å². The molecule has 0 saturated carbocycles. The van der Waals surface area contributed by atoms with E-state index in [-0.39, 0.29) is 5.91 Å². The van der Waals surface area contributed by atoms with Gasteiger partial charge >= 0.3 is 0 Å². The molecule has 0 atom stereocenters. The number of aromatic nitrogens is 4. The van der Waals surface area contributed by atoms with Crippen LogP contribution in [0.2, 0.25) is 0 Å². The number of rotatable bonds is 12. The quantitative estimate of drug-likeness (QED) is 0.242. The van der Waals surface area contributed by atoms with Crippen LogP contribution in [-0.4, -0.2) is 64.3 Å². The Hall–Kier alpha value is -2.85. The van der Waals surface area contributed by atoms with Crippen LogP contribution in [0.5, 0.6) is 5.75 Å². The molecule has 3 rings (SSSR count). The first kappa shape index (κ1) is 23.8. The van der Waals surface area contributed by atoms with Crippen molar-refractivity contribution in [2.24, 2.45) is 0 Å². The number of nitrogens with zero attached hydrogens (tertiary/aromatic N) is 4. The summed E-state index contributed by atoms with van der Waals surface area (Å²) in [6.07, 6.45) is 1.75. The molecule has 2 heterocycles. The average Bonchev–Trinajstić information content (AvgIpc) is 3.17. The lowest BCUT2D eigenvalue weighted by Crippen LogP contribution is -2.28. The lowest BCUT2D eigenvalue weighted by molar-refractivity contribution is 0.0948. The number of hydrogen-bond acceptors (Lipinski definition) is 8. The van der Waals surface area contributed by atoms with E-state index in [1.807, 2.05) is 19.1 Å². The van der Waals surface area contributed by atoms with E-state index in [0.717, 1.165) is 16.9 Å². The Morgan fingerprint density at radius 1 is 1.22 bits per heavy atom. The maximum atomic E-state index is 12.6. The van der Waals surface area contributed by atoms with Gasteiger partial charge in [0.05, 0.1) is 36.9 Å². The number of hydrogen-bond donors (Lipinski definition) is 2. The van der Waals surface area contributed by atoms with Crippen LogP contribution < -0.4 is 15.4 Å². The van der Waals surface area contributed by atoms with Gasteiger partial charge in [0.2, 0.25) is 0 Å². The van der Waals surface area contributed by atoms with Gasteiger partial charge in [0, 0.05) is 25.4 Å². The molecular weight excluding hydrogens is 428 g/mol. The van der Waals surface area contributed by atoms with Crippen molar-refractivity contribution >= 4 is 34.5 Å². The smallest absolute Gasteiger partial charge is 0.255 e. The van der Waals surface area contributed by atoms with Gasteiger partial charge in [-0.05, 0) is 19.1 Å². The maximum Gasteiger partial charge on any atom is 0.255 e. The molecule has 0 aliphatic rings. The summed E-state index contributed by atoms with van der Waals surface area (Å²) in [4.78, 5) is 22.0. The number of thioether (sulfide) groups is 1. The van der Waals surface area contributed by atoms with E-state index in [1.165, 1.54) is 0 Å². The van der Waals surface area contributed by atoms with E-state index in [4.69, 9.17) is 14.5 Å². The number of para-hydroxylation sites is 1. The van der Waals surface area contributed by atoms with Crippen molar-refractivity contribution in [3.63, 3.8) is 0 Å². The van der Waals surface area contributed by atoms with Crippen LogP contribution in [0.1, 0.15) is 31.1 Å². The van der Waals surface area contributed by atoms with Gasteiger partial charge < -0.3 is 20.1 Å². The van der Waals surface area contributed by atoms with Gasteiger partial charge in [0.25, 0.3) is 5.91 Å². The summed E-state index contributed by atoms with van der Waals surface area (Å²) < 4.78 is 12.5. The average molecular weight is 459 g/mol. The molecule has 0 aliphatic heterocycles. The summed E-state index contributed by atoms with van der Waals surface area (Å²) in [6, 6.07) is 7.22. The molecule has 0 fully saturated rings. The van der Waals surface area contributed by atoms with E-state index in [1.54, 1.807) is 41.9 Å². The Morgan fingerprint density at radius 2 is 2.03 bits per heavy atom. The molecule has 0 aliphatic carbocycles. The van der Waals surface area contributed by atoms with Gasteiger partial charge in [-0.1, -0.05) is 37.7 Å². The predicted molar refractivity (Wildman–Crippen MR) is 127 cm³/mol. The fourth-order valence-electron chi connectivity index (χ4n) is 3.07. The molecule has 10 heteroatoms. The third-order valence-electron chi connectivity index (χ3n) is 4.46. The number of anilines is 1. The molecule has 0 saturated heterocycles. The van der Waals surface area contributed by atoms with Gasteiger partial charge in [0.1, 0.15) is 11.6 Å². The SMILES string of the molecule is CCOc1ccccc1C(=O)NCCn1ncc2c(NCCOC)nc(SC(C)C)nc21. The summed E-state index contributed by atoms with van der Waals surface area (Å²) in [5.41, 5.74) is 1.24. The second-order valence-corrected chi connectivity index (χ2v) is 8.77. The molecule has 1 amide bonds. The lowest BCUT2D eigenvalue weighted by Gasteiger charge is -2.12. The molecule has 2 N–H and O–H groups in total. The van der Waals surface area contributed by atoms with Crippen LogP contribution in [0, 0.1) is 0 Å². The summed E-state index contributed by atoms with van der Waals surface area (Å²) in [5, 5.41) is 12.6. The minimum Gasteiger partial charge on any atom is -0.493 e. The Labute approximate surface area is 192 Å². The number of nitrogens with one attached hydrogen (secondary N) is 2. The first-order valence-electron chi connectivity index (χ1n) is 10.7. The molecule has 32 heavy (non-hydrogen) atoms. The highest BCUT2D eigenvalue weighted by atomic mass is 32.2. The van der Waals surface area contributed by atoms with Crippen molar-refractivity contribution in [2.75, 3.05) is 38.7 Å². The highest BCUT2D eigenvalue weighted by Gasteiger charge is 2.15. The van der Waals surface area contributed by atoms with Crippen molar-refractivity contribution < 1.29 is 14.3 Å². The molecule has 0 bridgehead atoms. The molecule has 0 unspecified atom stereocenters. The van der Waals surface area contributed by atoms with Crippen molar-refractivity contribution in [3.05, 3.63) is 36.0 Å². The van der Waals surface area contributed by atoms with Crippen molar-refractivity contribution in [1.82, 2.24) is 25.1 Å². The van der Waals surface area contributed by atoms with Crippen molar-refractivity contribution in [1.29, 1.82) is 0 Å². The zero-order valence-corrected chi connectivity index (χ0v) is 19.7. The topological polar surface area (TPSA) is 103 Å². The maximum absolute atomic E-state index is 12.6. The van der Waals surface area contributed by atoms with Crippen LogP contribution in [0.25, 0.3) is 11.0 Å². The van der Waals surface area contributed by atoms with Crippen molar-refractivity contribution in [3.8, 4) is 5.75 Å². The van der Waals surface area contributed by atoms with E-state index in [9.17, 15) is 4.79 Å². The largest absolute Gasteiger partial charge is 0.493 e. The highest BCUT2D eigenvalue weighted by Crippen LogP contribution is 2.26. The fraction of sp³-hybridized carbons (Fsp3) is 0.455. The van der Waals surface area contributed by atoms with Gasteiger partial charge in [-0.25, -0.2) is 14.6 Å². The number of benzene rings is 1. The lowest BCUT2D eigenvalue weighted by atomic mass is 10.2. The van der Waals surface area contributed by atoms with Gasteiger partial charge in [-0.3, -0.25) is 4.79 Å². The van der Waals surface area contributed by atoms with Crippen LogP contribution >= 0.6 is 11.8 Å². The van der Waals surface area contributed by atoms with E-state index < -0.39 is 0 Å². The van der Waals surface area contributed by atoms with Crippen LogP contribution in [0.4, 0.5) is 5.82 Å². The number of amides is 1. The molecule has 1 aromatic carbocycles. The third kappa shape index (κ3) is 6.10. The molecule has 2 aromatic heterocycles. The van der Waals surface area contributed by atoms with Gasteiger partial charge in [-0.2, -0.15) is 5.10 Å². The monoisotopic (exact) mass is 458 g/mol. The highest BCUT2D eigenvalue weighted by molar-refractivity contribution is 7.99. The summed E-state index contributed by atoms with van der Waals surface area (Å²) in [7, 11) is 1.66. The zero-order chi connectivity index (χ0) is 22.9. The van der Waals surface area contributed by atoms with Crippen LogP contribution in [0.3, 0.4) is 0 Å². The molecule has 3 aromatic rings. The second kappa shape index (κ2) is 11.7. The molecule has 0 spiro atoms. The van der Waals surface area contributed by atoms with Crippen molar-refractivity contribution in [2.45, 2.75) is 37.7 Å². The fourth-order valence-corrected chi connectivity index (χ4v) is 3.78. The zero-order valence-electron chi connectivity index (χ0n) is 18.9. The Bertz CT molecular complexity index is 1040. The number of carbonyl (C=O) groups is 1. The second-order valence-electron chi connectivity index (χ2n) is 7.23. The minimum atomic E-state index is -0.182. The Morgan fingerprint density at radius 3 is 2.78 bits per heavy atom. The Balaban J connectivity index is 1.74. The predicted octanol–water partition coefficient (Wildman–Crippen LogP) is 3.21. The normalized spacial score (nSPS) is 11.2. The number of methoxy groups -OCH3 is 1. The minimum absolute atomic E-state index is 0.182. The van der Waals surface area contributed by atoms with E-state index in [2.05, 4.69) is 34.6 Å².